The molecule has 0 bridgehead atoms. The molecular formula is C23H34N4O. The van der Waals surface area contributed by atoms with Gasteiger partial charge in [-0.15, -0.1) is 0 Å². The van der Waals surface area contributed by atoms with E-state index in [0.29, 0.717) is 0 Å². The maximum absolute atomic E-state index is 11.5. The minimum absolute atomic E-state index is 0.0198. The highest BCUT2D eigenvalue weighted by Gasteiger charge is 2.24. The number of rotatable bonds is 6. The molecule has 1 aliphatic carbocycles. The van der Waals surface area contributed by atoms with Gasteiger partial charge in [0.05, 0.1) is 6.07 Å². The molecule has 1 saturated carbocycles. The summed E-state index contributed by atoms with van der Waals surface area (Å²) in [7, 11) is 0. The van der Waals surface area contributed by atoms with E-state index in [1.165, 1.54) is 42.6 Å². The van der Waals surface area contributed by atoms with Crippen LogP contribution < -0.4 is 10.2 Å². The van der Waals surface area contributed by atoms with E-state index < -0.39 is 0 Å². The zero-order valence-corrected chi connectivity index (χ0v) is 17.4. The summed E-state index contributed by atoms with van der Waals surface area (Å²) >= 11 is 0. The van der Waals surface area contributed by atoms with Crippen LogP contribution in [0, 0.1) is 31.1 Å². The number of nitriles is 1. The van der Waals surface area contributed by atoms with E-state index in [-0.39, 0.29) is 18.4 Å². The van der Waals surface area contributed by atoms with Crippen LogP contribution in [0.4, 0.5) is 5.69 Å². The lowest BCUT2D eigenvalue weighted by molar-refractivity contribution is -0.121. The molecule has 5 heteroatoms. The Hall–Kier alpha value is -2.06. The molecule has 2 fully saturated rings. The van der Waals surface area contributed by atoms with Crippen molar-refractivity contribution in [1.29, 1.82) is 5.26 Å². The van der Waals surface area contributed by atoms with E-state index in [9.17, 15) is 4.79 Å². The summed E-state index contributed by atoms with van der Waals surface area (Å²) in [5, 5.41) is 11.6. The molecule has 1 saturated heterocycles. The van der Waals surface area contributed by atoms with Crippen molar-refractivity contribution in [2.24, 2.45) is 5.92 Å². The molecule has 0 unspecified atom stereocenters. The summed E-state index contributed by atoms with van der Waals surface area (Å²) in [5.74, 6) is 0.662. The summed E-state index contributed by atoms with van der Waals surface area (Å²) < 4.78 is 0. The Morgan fingerprint density at radius 3 is 2.46 bits per heavy atom. The number of carbonyl (C=O) groups is 1. The Bertz CT molecular complexity index is 695. The van der Waals surface area contributed by atoms with E-state index in [4.69, 9.17) is 5.26 Å². The van der Waals surface area contributed by atoms with Crippen LogP contribution in [-0.2, 0) is 4.79 Å². The highest BCUT2D eigenvalue weighted by Crippen LogP contribution is 2.27. The SMILES string of the molecule is Cc1ccc(N2CCN(CCC3CCC(NC(=O)CC#N)CC3)CC2)cc1C. The van der Waals surface area contributed by atoms with Crippen LogP contribution in [0.3, 0.4) is 0 Å². The number of amides is 1. The lowest BCUT2D eigenvalue weighted by Crippen LogP contribution is -2.47. The van der Waals surface area contributed by atoms with Crippen LogP contribution in [0.2, 0.25) is 0 Å². The fraction of sp³-hybridized carbons (Fsp3) is 0.652. The van der Waals surface area contributed by atoms with Crippen molar-refractivity contribution in [3.8, 4) is 6.07 Å². The Balaban J connectivity index is 1.34. The average Bonchev–Trinajstić information content (AvgIpc) is 2.70. The van der Waals surface area contributed by atoms with Gasteiger partial charge in [0, 0.05) is 37.9 Å². The highest BCUT2D eigenvalue weighted by atomic mass is 16.1. The molecule has 0 atom stereocenters. The number of anilines is 1. The minimum Gasteiger partial charge on any atom is -0.369 e. The molecule has 5 nitrogen and oxygen atoms in total. The molecule has 1 N–H and O–H groups in total. The van der Waals surface area contributed by atoms with Gasteiger partial charge in [0.2, 0.25) is 5.91 Å². The fourth-order valence-electron chi connectivity index (χ4n) is 4.46. The Morgan fingerprint density at radius 2 is 1.82 bits per heavy atom. The van der Waals surface area contributed by atoms with Gasteiger partial charge in [-0.25, -0.2) is 0 Å². The quantitative estimate of drug-likeness (QED) is 0.819. The first-order valence-electron chi connectivity index (χ1n) is 10.8. The largest absolute Gasteiger partial charge is 0.369 e. The van der Waals surface area contributed by atoms with Gasteiger partial charge in [0.1, 0.15) is 6.42 Å². The normalized spacial score (nSPS) is 23.2. The first-order valence-corrected chi connectivity index (χ1v) is 10.8. The molecule has 1 heterocycles. The predicted octanol–water partition coefficient (Wildman–Crippen LogP) is 3.40. The third kappa shape index (κ3) is 5.72. The van der Waals surface area contributed by atoms with Crippen molar-refractivity contribution in [1.82, 2.24) is 10.2 Å². The molecule has 0 radical (unpaired) electrons. The number of benzene rings is 1. The van der Waals surface area contributed by atoms with Crippen LogP contribution in [-0.4, -0.2) is 49.6 Å². The van der Waals surface area contributed by atoms with Crippen molar-refractivity contribution in [3.63, 3.8) is 0 Å². The van der Waals surface area contributed by atoms with Crippen LogP contribution in [0.25, 0.3) is 0 Å². The lowest BCUT2D eigenvalue weighted by Gasteiger charge is -2.37. The number of nitrogens with one attached hydrogen (secondary N) is 1. The van der Waals surface area contributed by atoms with E-state index in [2.05, 4.69) is 47.2 Å². The maximum atomic E-state index is 11.5. The van der Waals surface area contributed by atoms with Crippen molar-refractivity contribution < 1.29 is 4.79 Å². The average molecular weight is 383 g/mol. The van der Waals surface area contributed by atoms with Gasteiger partial charge >= 0.3 is 0 Å². The predicted molar refractivity (Wildman–Crippen MR) is 113 cm³/mol. The third-order valence-electron chi connectivity index (χ3n) is 6.53. The van der Waals surface area contributed by atoms with Gasteiger partial charge in [-0.2, -0.15) is 5.26 Å². The summed E-state index contributed by atoms with van der Waals surface area (Å²) in [6, 6.07) is 9.00. The van der Waals surface area contributed by atoms with Crippen LogP contribution in [0.15, 0.2) is 18.2 Å². The number of carbonyl (C=O) groups excluding carboxylic acids is 1. The molecule has 0 spiro atoms. The van der Waals surface area contributed by atoms with E-state index in [1.807, 2.05) is 6.07 Å². The van der Waals surface area contributed by atoms with E-state index in [1.54, 1.807) is 0 Å². The van der Waals surface area contributed by atoms with Gasteiger partial charge in [0.15, 0.2) is 0 Å². The highest BCUT2D eigenvalue weighted by molar-refractivity contribution is 5.78. The smallest absolute Gasteiger partial charge is 0.234 e. The zero-order chi connectivity index (χ0) is 19.9. The first kappa shape index (κ1) is 20.7. The van der Waals surface area contributed by atoms with E-state index in [0.717, 1.165) is 44.9 Å². The molecule has 3 rings (SSSR count). The number of hydrogen-bond donors (Lipinski definition) is 1. The molecule has 1 amide bonds. The Kier molecular flexibility index (Phi) is 7.33. The van der Waals surface area contributed by atoms with Crippen molar-refractivity contribution >= 4 is 11.6 Å². The van der Waals surface area contributed by atoms with Gasteiger partial charge in [-0.3, -0.25) is 9.69 Å². The molecule has 1 aliphatic heterocycles. The molecule has 28 heavy (non-hydrogen) atoms. The van der Waals surface area contributed by atoms with Crippen LogP contribution in [0.1, 0.15) is 49.7 Å². The van der Waals surface area contributed by atoms with Crippen molar-refractivity contribution in [2.75, 3.05) is 37.6 Å². The lowest BCUT2D eigenvalue weighted by atomic mass is 9.84. The van der Waals surface area contributed by atoms with E-state index >= 15 is 0 Å². The van der Waals surface area contributed by atoms with Gasteiger partial charge < -0.3 is 10.2 Å². The number of hydrogen-bond acceptors (Lipinski definition) is 4. The number of aryl methyl sites for hydroxylation is 2. The summed E-state index contributed by atoms with van der Waals surface area (Å²) in [5.41, 5.74) is 4.10. The number of nitrogens with zero attached hydrogens (tertiary/aromatic N) is 3. The first-order chi connectivity index (χ1) is 13.5. The summed E-state index contributed by atoms with van der Waals surface area (Å²) in [6.07, 6.45) is 5.75. The second-order valence-electron chi connectivity index (χ2n) is 8.51. The number of piperazine rings is 1. The maximum Gasteiger partial charge on any atom is 0.234 e. The Morgan fingerprint density at radius 1 is 1.11 bits per heavy atom. The molecule has 0 aromatic heterocycles. The molecule has 1 aromatic rings. The van der Waals surface area contributed by atoms with Gasteiger partial charge in [-0.1, -0.05) is 6.07 Å². The van der Waals surface area contributed by atoms with Crippen molar-refractivity contribution in [3.05, 3.63) is 29.3 Å². The molecule has 1 aromatic carbocycles. The Labute approximate surface area is 169 Å². The van der Waals surface area contributed by atoms with Gasteiger partial charge in [-0.05, 0) is 81.7 Å². The molecule has 152 valence electrons. The zero-order valence-electron chi connectivity index (χ0n) is 17.4. The molecule has 2 aliphatic rings. The topological polar surface area (TPSA) is 59.4 Å². The van der Waals surface area contributed by atoms with Crippen molar-refractivity contribution in [2.45, 2.75) is 58.4 Å². The van der Waals surface area contributed by atoms with Gasteiger partial charge in [0.25, 0.3) is 0 Å². The minimum atomic E-state index is -0.118. The second kappa shape index (κ2) is 9.93. The molecular weight excluding hydrogens is 348 g/mol. The van der Waals surface area contributed by atoms with Crippen LogP contribution in [0.5, 0.6) is 0 Å². The monoisotopic (exact) mass is 382 g/mol. The van der Waals surface area contributed by atoms with Crippen LogP contribution >= 0.6 is 0 Å². The fourth-order valence-corrected chi connectivity index (χ4v) is 4.46. The summed E-state index contributed by atoms with van der Waals surface area (Å²) in [4.78, 5) is 16.7. The standard InChI is InChI=1S/C23H34N4O/c1-18-3-8-22(17-19(18)2)27-15-13-26(14-16-27)12-10-20-4-6-21(7-5-20)25-23(28)9-11-24/h3,8,17,20-21H,4-7,9-10,12-16H2,1-2H3,(H,25,28). The summed E-state index contributed by atoms with van der Waals surface area (Å²) in [6.45, 7) is 10.1. The second-order valence-corrected chi connectivity index (χ2v) is 8.51. The third-order valence-corrected chi connectivity index (χ3v) is 6.53.